The second-order valence-electron chi connectivity index (χ2n) is 7.11. The highest BCUT2D eigenvalue weighted by Crippen LogP contribution is 2.44. The third kappa shape index (κ3) is 4.85. The van der Waals surface area contributed by atoms with Crippen LogP contribution in [0.5, 0.6) is 0 Å². The number of carbonyl (C=O) groups is 2. The Morgan fingerprint density at radius 2 is 1.59 bits per heavy atom. The first-order valence-corrected chi connectivity index (χ1v) is 10.9. The van der Waals surface area contributed by atoms with Gasteiger partial charge >= 0.3 is 19.7 Å². The monoisotopic (exact) mass is 419 g/mol. The number of rotatable bonds is 7. The number of nitrogens with one attached hydrogen (secondary N) is 1. The molecule has 2 aromatic rings. The quantitative estimate of drug-likeness (QED) is 0.507. The molecule has 0 heterocycles. The maximum atomic E-state index is 12.2. The Hall–Kier alpha value is -2.67. The summed E-state index contributed by atoms with van der Waals surface area (Å²) < 4.78 is 16.4. The normalized spacial score (nSPS) is 15.1. The highest BCUT2D eigenvalue weighted by atomic mass is 31.2. The molecule has 2 atom stereocenters. The number of alkyl carbamates (subject to hydrolysis) is 1. The van der Waals surface area contributed by atoms with Crippen molar-refractivity contribution in [3.63, 3.8) is 0 Å². The molecule has 0 bridgehead atoms. The van der Waals surface area contributed by atoms with E-state index in [9.17, 15) is 19.3 Å². The van der Waals surface area contributed by atoms with Crippen LogP contribution in [0.4, 0.5) is 4.79 Å². The van der Waals surface area contributed by atoms with Gasteiger partial charge in [-0.3, -0.25) is 4.57 Å². The molecule has 1 amide bonds. The van der Waals surface area contributed by atoms with Crippen molar-refractivity contribution in [1.29, 1.82) is 0 Å². The smallest absolute Gasteiger partial charge is 0.407 e. The number of hydrogen-bond acceptors (Lipinski definition) is 4. The van der Waals surface area contributed by atoms with Crippen molar-refractivity contribution in [2.24, 2.45) is 5.92 Å². The molecule has 8 nitrogen and oxygen atoms in total. The third-order valence-electron chi connectivity index (χ3n) is 4.98. The van der Waals surface area contributed by atoms with E-state index in [-0.39, 0.29) is 12.5 Å². The van der Waals surface area contributed by atoms with Crippen LogP contribution in [-0.4, -0.2) is 45.8 Å². The van der Waals surface area contributed by atoms with Crippen LogP contribution in [0.25, 0.3) is 11.1 Å². The molecule has 0 fully saturated rings. The molecule has 4 N–H and O–H groups in total. The molecule has 0 saturated carbocycles. The van der Waals surface area contributed by atoms with Crippen LogP contribution in [0.15, 0.2) is 48.5 Å². The van der Waals surface area contributed by atoms with E-state index in [0.717, 1.165) is 22.3 Å². The van der Waals surface area contributed by atoms with Gasteiger partial charge in [-0.25, -0.2) is 9.59 Å². The number of amides is 1. The number of carbonyl (C=O) groups excluding carboxylic acids is 1. The maximum absolute atomic E-state index is 12.2. The zero-order chi connectivity index (χ0) is 21.2. The first kappa shape index (κ1) is 21.0. The van der Waals surface area contributed by atoms with Crippen LogP contribution in [0.3, 0.4) is 0 Å². The van der Waals surface area contributed by atoms with Crippen molar-refractivity contribution in [3.05, 3.63) is 59.7 Å². The van der Waals surface area contributed by atoms with Gasteiger partial charge in [-0.1, -0.05) is 55.5 Å². The van der Waals surface area contributed by atoms with E-state index in [2.05, 4.69) is 5.32 Å². The first-order valence-electron chi connectivity index (χ1n) is 9.06. The van der Waals surface area contributed by atoms with Crippen LogP contribution >= 0.6 is 7.60 Å². The summed E-state index contributed by atoms with van der Waals surface area (Å²) in [6.07, 6.45) is -1.61. The maximum Gasteiger partial charge on any atom is 0.407 e. The lowest BCUT2D eigenvalue weighted by molar-refractivity contribution is -0.140. The third-order valence-corrected chi connectivity index (χ3v) is 6.03. The molecule has 3 rings (SSSR count). The van der Waals surface area contributed by atoms with Crippen molar-refractivity contribution in [2.45, 2.75) is 18.9 Å². The summed E-state index contributed by atoms with van der Waals surface area (Å²) >= 11 is 0. The van der Waals surface area contributed by atoms with Gasteiger partial charge in [0.1, 0.15) is 12.6 Å². The van der Waals surface area contributed by atoms with E-state index >= 15 is 0 Å². The van der Waals surface area contributed by atoms with Crippen LogP contribution < -0.4 is 5.32 Å². The summed E-state index contributed by atoms with van der Waals surface area (Å²) in [4.78, 5) is 41.8. The van der Waals surface area contributed by atoms with E-state index in [1.54, 1.807) is 0 Å². The zero-order valence-electron chi connectivity index (χ0n) is 15.7. The van der Waals surface area contributed by atoms with Crippen LogP contribution in [0.1, 0.15) is 24.0 Å². The average Bonchev–Trinajstić information content (AvgIpc) is 2.96. The van der Waals surface area contributed by atoms with E-state index < -0.39 is 37.8 Å². The SMILES string of the molecule is C[C@@H](CP(=O)(O)O)[C@H](NC(=O)OCC1c2ccccc2-c2ccccc21)C(=O)O. The number of benzene rings is 2. The fourth-order valence-electron chi connectivity index (χ4n) is 3.69. The molecular formula is C20H22NO7P. The summed E-state index contributed by atoms with van der Waals surface area (Å²) in [6.45, 7) is 1.36. The van der Waals surface area contributed by atoms with Crippen molar-refractivity contribution in [3.8, 4) is 11.1 Å². The fourth-order valence-corrected chi connectivity index (χ4v) is 4.66. The van der Waals surface area contributed by atoms with E-state index in [0.29, 0.717) is 0 Å². The lowest BCUT2D eigenvalue weighted by atomic mass is 9.98. The molecule has 0 radical (unpaired) electrons. The Bertz CT molecular complexity index is 925. The van der Waals surface area contributed by atoms with Gasteiger partial charge in [0.25, 0.3) is 0 Å². The molecule has 0 saturated heterocycles. The predicted octanol–water partition coefficient (Wildman–Crippen LogP) is 2.79. The summed E-state index contributed by atoms with van der Waals surface area (Å²) in [5.41, 5.74) is 4.17. The standard InChI is InChI=1S/C20H22NO7P/c1-12(11-29(25,26)27)18(19(22)23)21-20(24)28-10-17-15-8-4-2-6-13(15)14-7-3-5-9-16(14)17/h2-9,12,17-18H,10-11H2,1H3,(H,21,24)(H,22,23)(H2,25,26,27)/t12-,18-/m0/s1. The summed E-state index contributed by atoms with van der Waals surface area (Å²) in [6, 6.07) is 14.1. The Morgan fingerprint density at radius 3 is 2.07 bits per heavy atom. The second kappa shape index (κ2) is 8.37. The molecule has 0 unspecified atom stereocenters. The number of carboxylic acid groups (broad SMARTS) is 1. The van der Waals surface area contributed by atoms with Gasteiger partial charge in [0.2, 0.25) is 0 Å². The number of aliphatic carboxylic acids is 1. The van der Waals surface area contributed by atoms with Gasteiger partial charge in [-0.2, -0.15) is 0 Å². The van der Waals surface area contributed by atoms with Gasteiger partial charge in [-0.15, -0.1) is 0 Å². The minimum atomic E-state index is -4.42. The number of carboxylic acids is 1. The van der Waals surface area contributed by atoms with E-state index in [1.807, 2.05) is 48.5 Å². The van der Waals surface area contributed by atoms with Crippen molar-refractivity contribution in [1.82, 2.24) is 5.32 Å². The highest BCUT2D eigenvalue weighted by molar-refractivity contribution is 7.51. The van der Waals surface area contributed by atoms with Gasteiger partial charge < -0.3 is 24.9 Å². The first-order chi connectivity index (χ1) is 13.7. The molecule has 1 aliphatic rings. The topological polar surface area (TPSA) is 133 Å². The van der Waals surface area contributed by atoms with Crippen molar-refractivity contribution < 1.29 is 33.8 Å². The molecular weight excluding hydrogens is 397 g/mol. The molecule has 0 aromatic heterocycles. The molecule has 1 aliphatic carbocycles. The van der Waals surface area contributed by atoms with Gasteiger partial charge in [-0.05, 0) is 28.2 Å². The van der Waals surface area contributed by atoms with Gasteiger partial charge in [0.05, 0.1) is 6.16 Å². The van der Waals surface area contributed by atoms with Crippen molar-refractivity contribution >= 4 is 19.7 Å². The minimum absolute atomic E-state index is 0.0130. The molecule has 154 valence electrons. The lowest BCUT2D eigenvalue weighted by Gasteiger charge is -2.22. The van der Waals surface area contributed by atoms with Gasteiger partial charge in [0.15, 0.2) is 0 Å². The fraction of sp³-hybridized carbons (Fsp3) is 0.300. The Balaban J connectivity index is 1.69. The zero-order valence-corrected chi connectivity index (χ0v) is 16.6. The molecule has 0 aliphatic heterocycles. The molecule has 0 spiro atoms. The number of ether oxygens (including phenoxy) is 1. The second-order valence-corrected chi connectivity index (χ2v) is 8.80. The number of hydrogen-bond donors (Lipinski definition) is 4. The van der Waals surface area contributed by atoms with E-state index in [4.69, 9.17) is 14.5 Å². The Labute approximate surface area is 167 Å². The Kier molecular flexibility index (Phi) is 6.07. The summed E-state index contributed by atoms with van der Waals surface area (Å²) in [5.74, 6) is -2.54. The van der Waals surface area contributed by atoms with Crippen molar-refractivity contribution in [2.75, 3.05) is 12.8 Å². The van der Waals surface area contributed by atoms with E-state index in [1.165, 1.54) is 6.92 Å². The molecule has 29 heavy (non-hydrogen) atoms. The van der Waals surface area contributed by atoms with Crippen LogP contribution in [0, 0.1) is 5.92 Å². The molecule has 9 heteroatoms. The summed E-state index contributed by atoms with van der Waals surface area (Å²) in [5, 5.41) is 11.5. The summed E-state index contributed by atoms with van der Waals surface area (Å²) in [7, 11) is -4.42. The highest BCUT2D eigenvalue weighted by Gasteiger charge is 2.33. The minimum Gasteiger partial charge on any atom is -0.480 e. The predicted molar refractivity (Wildman–Crippen MR) is 106 cm³/mol. The van der Waals surface area contributed by atoms with Crippen LogP contribution in [0.2, 0.25) is 0 Å². The molecule has 2 aromatic carbocycles. The van der Waals surface area contributed by atoms with Gasteiger partial charge in [0, 0.05) is 5.92 Å². The van der Waals surface area contributed by atoms with Crippen LogP contribution in [-0.2, 0) is 14.1 Å². The lowest BCUT2D eigenvalue weighted by Crippen LogP contribution is -2.46. The Morgan fingerprint density at radius 1 is 1.07 bits per heavy atom. The number of fused-ring (bicyclic) bond motifs is 3. The average molecular weight is 419 g/mol. The largest absolute Gasteiger partial charge is 0.480 e.